The Balaban J connectivity index is 2.03. The molecule has 2 rings (SSSR count). The van der Waals surface area contributed by atoms with Gasteiger partial charge in [0.15, 0.2) is 11.5 Å². The summed E-state index contributed by atoms with van der Waals surface area (Å²) in [4.78, 5) is 0. The van der Waals surface area contributed by atoms with Gasteiger partial charge in [0.2, 0.25) is 0 Å². The van der Waals surface area contributed by atoms with E-state index in [9.17, 15) is 0 Å². The van der Waals surface area contributed by atoms with Gasteiger partial charge in [-0.3, -0.25) is 0 Å². The van der Waals surface area contributed by atoms with E-state index in [1.54, 1.807) is 7.11 Å². The SMILES string of the molecule is COc1ccc(CNC(C)C)cc1OC1CCC(C)CC1. The van der Waals surface area contributed by atoms with Crippen molar-refractivity contribution in [3.63, 3.8) is 0 Å². The lowest BCUT2D eigenvalue weighted by atomic mass is 9.89. The monoisotopic (exact) mass is 291 g/mol. The lowest BCUT2D eigenvalue weighted by Gasteiger charge is -2.27. The highest BCUT2D eigenvalue weighted by atomic mass is 16.5. The van der Waals surface area contributed by atoms with Gasteiger partial charge in [0, 0.05) is 12.6 Å². The number of nitrogens with one attached hydrogen (secondary N) is 1. The number of rotatable bonds is 6. The van der Waals surface area contributed by atoms with Gasteiger partial charge in [0.1, 0.15) is 0 Å². The zero-order valence-electron chi connectivity index (χ0n) is 13.8. The molecule has 0 atom stereocenters. The second-order valence-corrected chi connectivity index (χ2v) is 6.52. The third kappa shape index (κ3) is 4.92. The highest BCUT2D eigenvalue weighted by Gasteiger charge is 2.20. The molecule has 0 radical (unpaired) electrons. The Morgan fingerprint density at radius 2 is 1.86 bits per heavy atom. The summed E-state index contributed by atoms with van der Waals surface area (Å²) in [7, 11) is 1.71. The second-order valence-electron chi connectivity index (χ2n) is 6.52. The average Bonchev–Trinajstić information content (AvgIpc) is 2.48. The third-order valence-corrected chi connectivity index (χ3v) is 4.20. The van der Waals surface area contributed by atoms with E-state index in [1.807, 2.05) is 6.07 Å². The Kier molecular flexibility index (Phi) is 5.92. The molecule has 21 heavy (non-hydrogen) atoms. The van der Waals surface area contributed by atoms with Crippen LogP contribution in [0.5, 0.6) is 11.5 Å². The van der Waals surface area contributed by atoms with Crippen LogP contribution in [0.2, 0.25) is 0 Å². The van der Waals surface area contributed by atoms with E-state index in [2.05, 4.69) is 38.2 Å². The van der Waals surface area contributed by atoms with Crippen LogP contribution in [0, 0.1) is 5.92 Å². The smallest absolute Gasteiger partial charge is 0.161 e. The molecular formula is C18H29NO2. The molecule has 1 fully saturated rings. The number of benzene rings is 1. The Morgan fingerprint density at radius 3 is 2.48 bits per heavy atom. The van der Waals surface area contributed by atoms with Crippen molar-refractivity contribution in [1.82, 2.24) is 5.32 Å². The molecule has 0 aliphatic heterocycles. The van der Waals surface area contributed by atoms with Crippen molar-refractivity contribution in [1.29, 1.82) is 0 Å². The number of hydrogen-bond donors (Lipinski definition) is 1. The fourth-order valence-corrected chi connectivity index (χ4v) is 2.77. The van der Waals surface area contributed by atoms with E-state index in [0.717, 1.165) is 36.8 Å². The van der Waals surface area contributed by atoms with Gasteiger partial charge in [-0.2, -0.15) is 0 Å². The second kappa shape index (κ2) is 7.69. The molecule has 0 bridgehead atoms. The van der Waals surface area contributed by atoms with Crippen LogP contribution in [0.25, 0.3) is 0 Å². The van der Waals surface area contributed by atoms with Crippen molar-refractivity contribution in [2.24, 2.45) is 5.92 Å². The minimum atomic E-state index is 0.336. The van der Waals surface area contributed by atoms with Crippen LogP contribution in [0.4, 0.5) is 0 Å². The van der Waals surface area contributed by atoms with Gasteiger partial charge in [-0.05, 0) is 49.3 Å². The highest BCUT2D eigenvalue weighted by molar-refractivity contribution is 5.43. The molecule has 0 aromatic heterocycles. The van der Waals surface area contributed by atoms with Gasteiger partial charge in [-0.15, -0.1) is 0 Å². The van der Waals surface area contributed by atoms with Crippen molar-refractivity contribution >= 4 is 0 Å². The molecule has 1 aromatic carbocycles. The number of hydrogen-bond acceptors (Lipinski definition) is 3. The van der Waals surface area contributed by atoms with Crippen LogP contribution in [-0.4, -0.2) is 19.3 Å². The average molecular weight is 291 g/mol. The van der Waals surface area contributed by atoms with Crippen LogP contribution in [-0.2, 0) is 6.54 Å². The van der Waals surface area contributed by atoms with Gasteiger partial charge in [-0.25, -0.2) is 0 Å². The van der Waals surface area contributed by atoms with Crippen molar-refractivity contribution in [2.45, 2.75) is 65.1 Å². The molecule has 0 heterocycles. The van der Waals surface area contributed by atoms with Gasteiger partial charge in [0.25, 0.3) is 0 Å². The summed E-state index contributed by atoms with van der Waals surface area (Å²) in [5.74, 6) is 2.57. The fraction of sp³-hybridized carbons (Fsp3) is 0.667. The molecule has 0 saturated heterocycles. The molecule has 1 aromatic rings. The standard InChI is InChI=1S/C18H29NO2/c1-13(2)19-12-15-7-10-17(20-4)18(11-15)21-16-8-5-14(3)6-9-16/h7,10-11,13-14,16,19H,5-6,8-9,12H2,1-4H3. The minimum absolute atomic E-state index is 0.336. The lowest BCUT2D eigenvalue weighted by Crippen LogP contribution is -2.24. The first-order valence-corrected chi connectivity index (χ1v) is 8.15. The maximum atomic E-state index is 6.22. The molecule has 3 nitrogen and oxygen atoms in total. The Morgan fingerprint density at radius 1 is 1.14 bits per heavy atom. The molecule has 0 amide bonds. The number of ether oxygens (including phenoxy) is 2. The molecule has 1 aliphatic rings. The minimum Gasteiger partial charge on any atom is -0.493 e. The summed E-state index contributed by atoms with van der Waals surface area (Å²) in [6, 6.07) is 6.71. The summed E-state index contributed by atoms with van der Waals surface area (Å²) in [5.41, 5.74) is 1.24. The first-order chi connectivity index (χ1) is 10.1. The summed E-state index contributed by atoms with van der Waals surface area (Å²) >= 11 is 0. The first kappa shape index (κ1) is 16.2. The Labute approximate surface area is 129 Å². The molecule has 1 saturated carbocycles. The van der Waals surface area contributed by atoms with Gasteiger partial charge in [0.05, 0.1) is 13.2 Å². The van der Waals surface area contributed by atoms with E-state index in [0.29, 0.717) is 12.1 Å². The van der Waals surface area contributed by atoms with Crippen molar-refractivity contribution in [3.8, 4) is 11.5 Å². The maximum absolute atomic E-state index is 6.22. The molecule has 118 valence electrons. The predicted octanol–water partition coefficient (Wildman–Crippen LogP) is 4.15. The zero-order chi connectivity index (χ0) is 15.2. The molecule has 1 N–H and O–H groups in total. The first-order valence-electron chi connectivity index (χ1n) is 8.15. The fourth-order valence-electron chi connectivity index (χ4n) is 2.77. The summed E-state index contributed by atoms with van der Waals surface area (Å²) < 4.78 is 11.7. The van der Waals surface area contributed by atoms with Gasteiger partial charge < -0.3 is 14.8 Å². The van der Waals surface area contributed by atoms with E-state index >= 15 is 0 Å². The highest BCUT2D eigenvalue weighted by Crippen LogP contribution is 2.33. The van der Waals surface area contributed by atoms with Crippen LogP contribution in [0.3, 0.4) is 0 Å². The van der Waals surface area contributed by atoms with E-state index < -0.39 is 0 Å². The topological polar surface area (TPSA) is 30.5 Å². The van der Waals surface area contributed by atoms with Crippen molar-refractivity contribution < 1.29 is 9.47 Å². The zero-order valence-corrected chi connectivity index (χ0v) is 13.8. The van der Waals surface area contributed by atoms with E-state index in [4.69, 9.17) is 9.47 Å². The number of methoxy groups -OCH3 is 1. The largest absolute Gasteiger partial charge is 0.493 e. The van der Waals surface area contributed by atoms with Crippen molar-refractivity contribution in [3.05, 3.63) is 23.8 Å². The summed E-state index contributed by atoms with van der Waals surface area (Å²) in [5, 5.41) is 3.44. The predicted molar refractivity (Wildman–Crippen MR) is 87.0 cm³/mol. The summed E-state index contributed by atoms with van der Waals surface area (Å²) in [6.45, 7) is 7.50. The van der Waals surface area contributed by atoms with Gasteiger partial charge >= 0.3 is 0 Å². The molecule has 1 aliphatic carbocycles. The third-order valence-electron chi connectivity index (χ3n) is 4.20. The summed E-state index contributed by atoms with van der Waals surface area (Å²) in [6.07, 6.45) is 5.17. The molecular weight excluding hydrogens is 262 g/mol. The van der Waals surface area contributed by atoms with E-state index in [1.165, 1.54) is 18.4 Å². The Bertz CT molecular complexity index is 437. The van der Waals surface area contributed by atoms with E-state index in [-0.39, 0.29) is 0 Å². The van der Waals surface area contributed by atoms with Crippen LogP contribution in [0.15, 0.2) is 18.2 Å². The van der Waals surface area contributed by atoms with Crippen LogP contribution in [0.1, 0.15) is 52.0 Å². The quantitative estimate of drug-likeness (QED) is 0.854. The molecule has 0 spiro atoms. The maximum Gasteiger partial charge on any atom is 0.161 e. The normalized spacial score (nSPS) is 22.3. The van der Waals surface area contributed by atoms with Crippen LogP contribution < -0.4 is 14.8 Å². The van der Waals surface area contributed by atoms with Gasteiger partial charge in [-0.1, -0.05) is 26.8 Å². The van der Waals surface area contributed by atoms with Crippen LogP contribution >= 0.6 is 0 Å². The molecule has 0 unspecified atom stereocenters. The molecule has 3 heteroatoms. The lowest BCUT2D eigenvalue weighted by molar-refractivity contribution is 0.131. The Hall–Kier alpha value is -1.22. The van der Waals surface area contributed by atoms with Crippen molar-refractivity contribution in [2.75, 3.05) is 7.11 Å².